The van der Waals surface area contributed by atoms with Gasteiger partial charge in [0.1, 0.15) is 0 Å². The highest BCUT2D eigenvalue weighted by molar-refractivity contribution is 4.83. The second kappa shape index (κ2) is 3.75. The van der Waals surface area contributed by atoms with Gasteiger partial charge >= 0.3 is 0 Å². The molecule has 0 amide bonds. The summed E-state index contributed by atoms with van der Waals surface area (Å²) in [6.07, 6.45) is 3.07. The van der Waals surface area contributed by atoms with Crippen molar-refractivity contribution < 1.29 is 5.11 Å². The Labute approximate surface area is 75.6 Å². The third-order valence-electron chi connectivity index (χ3n) is 3.09. The summed E-state index contributed by atoms with van der Waals surface area (Å²) >= 11 is 0. The third kappa shape index (κ3) is 2.46. The molecule has 0 aromatic carbocycles. The highest BCUT2D eigenvalue weighted by Gasteiger charge is 2.28. The Hall–Kier alpha value is -0.0800. The summed E-state index contributed by atoms with van der Waals surface area (Å²) in [7, 11) is 0. The maximum atomic E-state index is 9.72. The number of likely N-dealkylation sites (tertiary alicyclic amines) is 1. The van der Waals surface area contributed by atoms with Crippen molar-refractivity contribution in [2.75, 3.05) is 13.1 Å². The average molecular weight is 171 g/mol. The molecule has 2 nitrogen and oxygen atoms in total. The molecule has 72 valence electrons. The normalized spacial score (nSPS) is 27.0. The van der Waals surface area contributed by atoms with Crippen molar-refractivity contribution in [3.8, 4) is 0 Å². The predicted octanol–water partition coefficient (Wildman–Crippen LogP) is 1.63. The Kier molecular flexibility index (Phi) is 3.13. The fourth-order valence-electron chi connectivity index (χ4n) is 1.70. The summed E-state index contributed by atoms with van der Waals surface area (Å²) in [5.41, 5.74) is -0.399. The quantitative estimate of drug-likeness (QED) is 0.682. The molecule has 1 heterocycles. The molecule has 1 unspecified atom stereocenters. The molecule has 1 aliphatic heterocycles. The highest BCUT2D eigenvalue weighted by atomic mass is 16.3. The molecule has 1 saturated heterocycles. The second-order valence-electron chi connectivity index (χ2n) is 4.29. The van der Waals surface area contributed by atoms with Gasteiger partial charge in [0.2, 0.25) is 0 Å². The number of aliphatic hydroxyl groups is 1. The van der Waals surface area contributed by atoms with Crippen LogP contribution in [0.15, 0.2) is 0 Å². The van der Waals surface area contributed by atoms with Crippen LogP contribution < -0.4 is 0 Å². The largest absolute Gasteiger partial charge is 0.390 e. The van der Waals surface area contributed by atoms with Gasteiger partial charge in [0, 0.05) is 19.1 Å². The number of piperidine rings is 1. The van der Waals surface area contributed by atoms with Gasteiger partial charge in [0.05, 0.1) is 5.60 Å². The summed E-state index contributed by atoms with van der Waals surface area (Å²) in [5, 5.41) is 9.72. The molecule has 0 aromatic rings. The number of hydrogen-bond acceptors (Lipinski definition) is 2. The second-order valence-corrected chi connectivity index (χ2v) is 4.29. The van der Waals surface area contributed by atoms with Gasteiger partial charge in [-0.1, -0.05) is 6.92 Å². The first-order chi connectivity index (χ1) is 5.55. The van der Waals surface area contributed by atoms with E-state index in [9.17, 15) is 5.11 Å². The Bertz CT molecular complexity index is 135. The molecule has 1 aliphatic rings. The van der Waals surface area contributed by atoms with Gasteiger partial charge in [0.25, 0.3) is 0 Å². The maximum Gasteiger partial charge on any atom is 0.0644 e. The van der Waals surface area contributed by atoms with Crippen LogP contribution in [0.4, 0.5) is 0 Å². The zero-order chi connectivity index (χ0) is 9.19. The Morgan fingerprint density at radius 2 is 1.92 bits per heavy atom. The lowest BCUT2D eigenvalue weighted by Gasteiger charge is -2.38. The molecule has 0 aromatic heterocycles. The topological polar surface area (TPSA) is 23.5 Å². The van der Waals surface area contributed by atoms with Crippen molar-refractivity contribution in [1.82, 2.24) is 4.90 Å². The minimum Gasteiger partial charge on any atom is -0.390 e. The van der Waals surface area contributed by atoms with Gasteiger partial charge in [0.15, 0.2) is 0 Å². The fraction of sp³-hybridized carbons (Fsp3) is 1.00. The van der Waals surface area contributed by atoms with Crippen LogP contribution in [0.2, 0.25) is 0 Å². The molecule has 12 heavy (non-hydrogen) atoms. The summed E-state index contributed by atoms with van der Waals surface area (Å²) < 4.78 is 0. The summed E-state index contributed by atoms with van der Waals surface area (Å²) in [6.45, 7) is 8.54. The van der Waals surface area contributed by atoms with Crippen molar-refractivity contribution in [1.29, 1.82) is 0 Å². The fourth-order valence-corrected chi connectivity index (χ4v) is 1.70. The van der Waals surface area contributed by atoms with Crippen molar-refractivity contribution in [3.63, 3.8) is 0 Å². The molecule has 0 radical (unpaired) electrons. The number of hydrogen-bond donors (Lipinski definition) is 1. The lowest BCUT2D eigenvalue weighted by Crippen LogP contribution is -2.45. The van der Waals surface area contributed by atoms with E-state index in [0.29, 0.717) is 6.04 Å². The van der Waals surface area contributed by atoms with E-state index in [1.165, 1.54) is 6.42 Å². The standard InChI is InChI=1S/C10H21NO/c1-4-9(2)11-7-5-10(3,12)6-8-11/h9,12H,4-8H2,1-3H3. The Balaban J connectivity index is 2.36. The van der Waals surface area contributed by atoms with Crippen molar-refractivity contribution >= 4 is 0 Å². The molecule has 1 rings (SSSR count). The minimum absolute atomic E-state index is 0.399. The van der Waals surface area contributed by atoms with Gasteiger partial charge in [-0.15, -0.1) is 0 Å². The van der Waals surface area contributed by atoms with Crippen LogP contribution in [0.3, 0.4) is 0 Å². The Morgan fingerprint density at radius 3 is 2.33 bits per heavy atom. The van der Waals surface area contributed by atoms with E-state index in [-0.39, 0.29) is 0 Å². The molecule has 0 bridgehead atoms. The zero-order valence-corrected chi connectivity index (χ0v) is 8.51. The summed E-state index contributed by atoms with van der Waals surface area (Å²) in [4.78, 5) is 2.47. The molecule has 1 atom stereocenters. The summed E-state index contributed by atoms with van der Waals surface area (Å²) in [6, 6.07) is 0.682. The lowest BCUT2D eigenvalue weighted by molar-refractivity contribution is -0.0148. The maximum absolute atomic E-state index is 9.72. The van der Waals surface area contributed by atoms with Gasteiger partial charge in [-0.25, -0.2) is 0 Å². The number of nitrogens with zero attached hydrogens (tertiary/aromatic N) is 1. The highest BCUT2D eigenvalue weighted by Crippen LogP contribution is 2.22. The van der Waals surface area contributed by atoms with Gasteiger partial charge in [-0.05, 0) is 33.1 Å². The molecule has 0 aliphatic carbocycles. The van der Waals surface area contributed by atoms with E-state index < -0.39 is 5.60 Å². The summed E-state index contributed by atoms with van der Waals surface area (Å²) in [5.74, 6) is 0. The van der Waals surface area contributed by atoms with Gasteiger partial charge in [-0.2, -0.15) is 0 Å². The van der Waals surface area contributed by atoms with Crippen LogP contribution in [0.25, 0.3) is 0 Å². The predicted molar refractivity (Wildman–Crippen MR) is 51.2 cm³/mol. The Morgan fingerprint density at radius 1 is 1.42 bits per heavy atom. The van der Waals surface area contributed by atoms with Crippen LogP contribution in [0.1, 0.15) is 40.0 Å². The first-order valence-corrected chi connectivity index (χ1v) is 5.01. The van der Waals surface area contributed by atoms with E-state index in [4.69, 9.17) is 0 Å². The lowest BCUT2D eigenvalue weighted by atomic mass is 9.93. The molecular weight excluding hydrogens is 150 g/mol. The molecule has 0 saturated carbocycles. The van der Waals surface area contributed by atoms with Crippen molar-refractivity contribution in [3.05, 3.63) is 0 Å². The van der Waals surface area contributed by atoms with Crippen LogP contribution in [-0.2, 0) is 0 Å². The van der Waals surface area contributed by atoms with E-state index in [0.717, 1.165) is 25.9 Å². The van der Waals surface area contributed by atoms with Crippen LogP contribution in [0, 0.1) is 0 Å². The van der Waals surface area contributed by atoms with Gasteiger partial charge < -0.3 is 10.0 Å². The monoisotopic (exact) mass is 171 g/mol. The van der Waals surface area contributed by atoms with E-state index in [2.05, 4.69) is 18.7 Å². The first kappa shape index (κ1) is 10.0. The van der Waals surface area contributed by atoms with Gasteiger partial charge in [-0.3, -0.25) is 0 Å². The molecular formula is C10H21NO. The van der Waals surface area contributed by atoms with E-state index in [1.54, 1.807) is 0 Å². The SMILES string of the molecule is CCC(C)N1CCC(C)(O)CC1. The van der Waals surface area contributed by atoms with Crippen LogP contribution in [0.5, 0.6) is 0 Å². The van der Waals surface area contributed by atoms with Crippen molar-refractivity contribution in [2.45, 2.75) is 51.7 Å². The minimum atomic E-state index is -0.399. The first-order valence-electron chi connectivity index (χ1n) is 5.01. The van der Waals surface area contributed by atoms with Crippen LogP contribution >= 0.6 is 0 Å². The van der Waals surface area contributed by atoms with Crippen molar-refractivity contribution in [2.24, 2.45) is 0 Å². The number of rotatable bonds is 2. The molecule has 1 N–H and O–H groups in total. The zero-order valence-electron chi connectivity index (χ0n) is 8.51. The van der Waals surface area contributed by atoms with E-state index in [1.807, 2.05) is 6.92 Å². The smallest absolute Gasteiger partial charge is 0.0644 e. The average Bonchev–Trinajstić information content (AvgIpc) is 2.03. The third-order valence-corrected chi connectivity index (χ3v) is 3.09. The van der Waals surface area contributed by atoms with Crippen LogP contribution in [-0.4, -0.2) is 34.7 Å². The van der Waals surface area contributed by atoms with E-state index >= 15 is 0 Å². The molecule has 0 spiro atoms. The molecule has 1 fully saturated rings. The molecule has 2 heteroatoms.